The number of nitrogens with zero attached hydrogens (tertiary/aromatic N) is 2. The van der Waals surface area contributed by atoms with Gasteiger partial charge in [0.1, 0.15) is 0 Å². The maximum Gasteiger partial charge on any atom is 0.305 e. The molecule has 0 unspecified atom stereocenters. The lowest BCUT2D eigenvalue weighted by Gasteiger charge is -2.27. The highest BCUT2D eigenvalue weighted by Gasteiger charge is 2.15. The van der Waals surface area contributed by atoms with Crippen molar-refractivity contribution in [2.45, 2.75) is 266 Å². The molecule has 0 rings (SSSR count). The first-order valence-electron chi connectivity index (χ1n) is 27.9. The van der Waals surface area contributed by atoms with Gasteiger partial charge in [-0.3, -0.25) is 19.4 Å². The van der Waals surface area contributed by atoms with Gasteiger partial charge in [0.15, 0.2) is 0 Å². The van der Waals surface area contributed by atoms with Crippen molar-refractivity contribution in [1.29, 1.82) is 0 Å². The van der Waals surface area contributed by atoms with Crippen LogP contribution in [0.15, 0.2) is 12.2 Å². The van der Waals surface area contributed by atoms with Gasteiger partial charge in [0.2, 0.25) is 0 Å². The average Bonchev–Trinajstić information content (AvgIpc) is 3.28. The van der Waals surface area contributed by atoms with E-state index in [1.54, 1.807) is 0 Å². The van der Waals surface area contributed by atoms with Gasteiger partial charge in [0.25, 0.3) is 0 Å². The molecule has 0 aromatic carbocycles. The summed E-state index contributed by atoms with van der Waals surface area (Å²) in [4.78, 5) is 30.4. The standard InChI is InChI=1S/C56H110N2O5/c1-6-11-16-20-24-30-38-53(39-31-25-21-17-12-7-2)51-62-55(60)42-34-28-36-45-57(44-15-10-5)47-48-58(49-50-59)46-37-29-35-43-56(61)63-52-54(40-32-26-22-18-13-8-3)41-33-27-23-19-14-9-4/h10,15,53-54,59H,6-9,11-14,16-52H2,1-5H3/b15-10+. The maximum absolute atomic E-state index is 12.8. The number of aliphatic hydroxyl groups is 1. The van der Waals surface area contributed by atoms with Crippen molar-refractivity contribution < 1.29 is 24.2 Å². The lowest BCUT2D eigenvalue weighted by molar-refractivity contribution is -0.146. The molecule has 0 heterocycles. The van der Waals surface area contributed by atoms with Crippen LogP contribution in [0.3, 0.4) is 0 Å². The van der Waals surface area contributed by atoms with E-state index < -0.39 is 0 Å². The van der Waals surface area contributed by atoms with Crippen LogP contribution in [0.5, 0.6) is 0 Å². The van der Waals surface area contributed by atoms with Crippen molar-refractivity contribution in [2.75, 3.05) is 59.1 Å². The Labute approximate surface area is 393 Å². The molecule has 0 saturated carbocycles. The number of carbonyl (C=O) groups excluding carboxylic acids is 2. The van der Waals surface area contributed by atoms with E-state index in [0.29, 0.717) is 44.4 Å². The van der Waals surface area contributed by atoms with E-state index in [-0.39, 0.29) is 18.5 Å². The second-order valence-corrected chi connectivity index (χ2v) is 19.4. The van der Waals surface area contributed by atoms with Crippen molar-refractivity contribution in [1.82, 2.24) is 9.80 Å². The Morgan fingerprint density at radius 1 is 0.429 bits per heavy atom. The molecule has 7 heteroatoms. The second kappa shape index (κ2) is 50.0. The number of hydrogen-bond acceptors (Lipinski definition) is 7. The van der Waals surface area contributed by atoms with Gasteiger partial charge in [-0.1, -0.05) is 207 Å². The third-order valence-corrected chi connectivity index (χ3v) is 13.3. The molecule has 0 aliphatic rings. The lowest BCUT2D eigenvalue weighted by Crippen LogP contribution is -2.37. The first-order valence-corrected chi connectivity index (χ1v) is 27.9. The van der Waals surface area contributed by atoms with E-state index in [0.717, 1.165) is 71.2 Å². The molecule has 0 fully saturated rings. The SMILES string of the molecule is C/C=C/CN(CCCCCC(=O)OCC(CCCCCCCC)CCCCCCCC)CCN(CCO)CCCCCC(=O)OCC(CCCCCCCC)CCCCCCCC. The van der Waals surface area contributed by atoms with Crippen molar-refractivity contribution in [3.05, 3.63) is 12.2 Å². The summed E-state index contributed by atoms with van der Waals surface area (Å²) in [6.07, 6.45) is 47.6. The van der Waals surface area contributed by atoms with Crippen LogP contribution in [0.1, 0.15) is 266 Å². The largest absolute Gasteiger partial charge is 0.465 e. The third-order valence-electron chi connectivity index (χ3n) is 13.3. The van der Waals surface area contributed by atoms with Gasteiger partial charge in [-0.25, -0.2) is 0 Å². The zero-order valence-corrected chi connectivity index (χ0v) is 43.1. The third kappa shape index (κ3) is 44.2. The lowest BCUT2D eigenvalue weighted by atomic mass is 9.94. The minimum Gasteiger partial charge on any atom is -0.465 e. The number of allylic oxidation sites excluding steroid dienone is 1. The minimum absolute atomic E-state index is 0.0144. The first-order chi connectivity index (χ1) is 30.9. The summed E-state index contributed by atoms with van der Waals surface area (Å²) < 4.78 is 11.7. The number of carbonyl (C=O) groups is 2. The van der Waals surface area contributed by atoms with Crippen molar-refractivity contribution >= 4 is 11.9 Å². The summed E-state index contributed by atoms with van der Waals surface area (Å²) in [5.41, 5.74) is 0. The van der Waals surface area contributed by atoms with Crippen LogP contribution in [0.4, 0.5) is 0 Å². The molecule has 0 radical (unpaired) electrons. The van der Waals surface area contributed by atoms with Gasteiger partial charge >= 0.3 is 11.9 Å². The zero-order chi connectivity index (χ0) is 46.1. The average molecular weight is 892 g/mol. The normalized spacial score (nSPS) is 12.0. The number of unbranched alkanes of at least 4 members (excludes halogenated alkanes) is 24. The predicted octanol–water partition coefficient (Wildman–Crippen LogP) is 15.6. The smallest absolute Gasteiger partial charge is 0.305 e. The Hall–Kier alpha value is -1.44. The van der Waals surface area contributed by atoms with Crippen LogP contribution in [0, 0.1) is 11.8 Å². The molecular weight excluding hydrogens is 781 g/mol. The Kier molecular flexibility index (Phi) is 48.8. The van der Waals surface area contributed by atoms with Gasteiger partial charge in [-0.2, -0.15) is 0 Å². The topological polar surface area (TPSA) is 79.3 Å². The van der Waals surface area contributed by atoms with Crippen LogP contribution >= 0.6 is 0 Å². The molecule has 0 bridgehead atoms. The summed E-state index contributed by atoms with van der Waals surface area (Å²) in [5, 5.41) is 9.82. The monoisotopic (exact) mass is 891 g/mol. The summed E-state index contributed by atoms with van der Waals surface area (Å²) in [6.45, 7) is 18.0. The van der Waals surface area contributed by atoms with Crippen LogP contribution in [-0.2, 0) is 19.1 Å². The molecule has 374 valence electrons. The van der Waals surface area contributed by atoms with Crippen LogP contribution in [0.25, 0.3) is 0 Å². The summed E-state index contributed by atoms with van der Waals surface area (Å²) >= 11 is 0. The summed E-state index contributed by atoms with van der Waals surface area (Å²) in [5.74, 6) is 0.985. The molecule has 0 amide bonds. The van der Waals surface area contributed by atoms with Crippen LogP contribution < -0.4 is 0 Å². The Balaban J connectivity index is 4.57. The minimum atomic E-state index is -0.0270. The zero-order valence-electron chi connectivity index (χ0n) is 43.1. The highest BCUT2D eigenvalue weighted by atomic mass is 16.5. The fraction of sp³-hybridized carbons (Fsp3) is 0.929. The molecule has 7 nitrogen and oxygen atoms in total. The first kappa shape index (κ1) is 61.6. The number of hydrogen-bond donors (Lipinski definition) is 1. The van der Waals surface area contributed by atoms with Crippen molar-refractivity contribution in [2.24, 2.45) is 11.8 Å². The van der Waals surface area contributed by atoms with Gasteiger partial charge in [0, 0.05) is 39.0 Å². The van der Waals surface area contributed by atoms with E-state index in [4.69, 9.17) is 9.47 Å². The number of ether oxygens (including phenoxy) is 2. The number of rotatable bonds is 51. The molecule has 0 aliphatic heterocycles. The Morgan fingerprint density at radius 3 is 1.13 bits per heavy atom. The molecular formula is C56H110N2O5. The van der Waals surface area contributed by atoms with Crippen LogP contribution in [-0.4, -0.2) is 85.9 Å². The molecule has 0 atom stereocenters. The van der Waals surface area contributed by atoms with Gasteiger partial charge in [0.05, 0.1) is 19.8 Å². The fourth-order valence-electron chi connectivity index (χ4n) is 8.91. The molecule has 63 heavy (non-hydrogen) atoms. The maximum atomic E-state index is 12.8. The highest BCUT2D eigenvalue weighted by Crippen LogP contribution is 2.22. The highest BCUT2D eigenvalue weighted by molar-refractivity contribution is 5.69. The van der Waals surface area contributed by atoms with E-state index >= 15 is 0 Å². The molecule has 0 aromatic rings. The molecule has 0 aliphatic carbocycles. The number of aliphatic hydroxyl groups excluding tert-OH is 1. The summed E-state index contributed by atoms with van der Waals surface area (Å²) in [6, 6.07) is 0. The van der Waals surface area contributed by atoms with Crippen molar-refractivity contribution in [3.63, 3.8) is 0 Å². The van der Waals surface area contributed by atoms with E-state index in [1.807, 2.05) is 0 Å². The van der Waals surface area contributed by atoms with E-state index in [1.165, 1.54) is 180 Å². The molecule has 1 N–H and O–H groups in total. The van der Waals surface area contributed by atoms with E-state index in [9.17, 15) is 14.7 Å². The fourth-order valence-corrected chi connectivity index (χ4v) is 8.91. The van der Waals surface area contributed by atoms with Gasteiger partial charge < -0.3 is 14.6 Å². The van der Waals surface area contributed by atoms with Gasteiger partial charge in [-0.15, -0.1) is 0 Å². The van der Waals surface area contributed by atoms with Crippen LogP contribution in [0.2, 0.25) is 0 Å². The number of esters is 2. The van der Waals surface area contributed by atoms with Gasteiger partial charge in [-0.05, 0) is 83.2 Å². The molecule has 0 aromatic heterocycles. The molecule has 0 spiro atoms. The Bertz CT molecular complexity index is 943. The predicted molar refractivity (Wildman–Crippen MR) is 273 cm³/mol. The van der Waals surface area contributed by atoms with E-state index in [2.05, 4.69) is 56.6 Å². The summed E-state index contributed by atoms with van der Waals surface area (Å²) in [7, 11) is 0. The quantitative estimate of drug-likeness (QED) is 0.0370. The van der Waals surface area contributed by atoms with Crippen molar-refractivity contribution in [3.8, 4) is 0 Å². The molecule has 0 saturated heterocycles. The Morgan fingerprint density at radius 2 is 0.762 bits per heavy atom. The second-order valence-electron chi connectivity index (χ2n) is 19.4.